The summed E-state index contributed by atoms with van der Waals surface area (Å²) in [6, 6.07) is 9.88. The van der Waals surface area contributed by atoms with Crippen LogP contribution in [0, 0.1) is 13.8 Å². The second-order valence-corrected chi connectivity index (χ2v) is 6.17. The van der Waals surface area contributed by atoms with E-state index in [0.29, 0.717) is 5.69 Å². The highest BCUT2D eigenvalue weighted by molar-refractivity contribution is 6.04. The van der Waals surface area contributed by atoms with Crippen molar-refractivity contribution in [3.8, 4) is 0 Å². The van der Waals surface area contributed by atoms with E-state index in [4.69, 9.17) is 0 Å². The summed E-state index contributed by atoms with van der Waals surface area (Å²) < 4.78 is 0. The molecule has 3 rings (SSSR count). The van der Waals surface area contributed by atoms with Gasteiger partial charge in [-0.05, 0) is 56.4 Å². The number of pyridine rings is 1. The lowest BCUT2D eigenvalue weighted by atomic mass is 10.1. The molecule has 0 bridgehead atoms. The minimum atomic E-state index is -0.152. The standard InChI is InChI=1S/C19H23N3O/c1-14-7-6-8-15(2)18(14)21-19(23)17-13-16(9-10-20-17)22-11-4-3-5-12-22/h6-10,13H,3-5,11-12H2,1-2H3,(H,21,23). The number of aryl methyl sites for hydroxylation is 2. The average Bonchev–Trinajstić information content (AvgIpc) is 2.59. The van der Waals surface area contributed by atoms with E-state index in [2.05, 4.69) is 15.2 Å². The zero-order chi connectivity index (χ0) is 16.2. The lowest BCUT2D eigenvalue weighted by Crippen LogP contribution is -2.29. The van der Waals surface area contributed by atoms with E-state index in [-0.39, 0.29) is 5.91 Å². The van der Waals surface area contributed by atoms with Crippen molar-refractivity contribution in [1.82, 2.24) is 4.98 Å². The maximum Gasteiger partial charge on any atom is 0.274 e. The number of aromatic nitrogens is 1. The van der Waals surface area contributed by atoms with Crippen LogP contribution in [0.3, 0.4) is 0 Å². The average molecular weight is 309 g/mol. The van der Waals surface area contributed by atoms with Gasteiger partial charge in [-0.2, -0.15) is 0 Å². The number of nitrogens with one attached hydrogen (secondary N) is 1. The number of benzene rings is 1. The van der Waals surface area contributed by atoms with Crippen molar-refractivity contribution in [1.29, 1.82) is 0 Å². The Morgan fingerprint density at radius 2 is 1.78 bits per heavy atom. The van der Waals surface area contributed by atoms with E-state index in [1.165, 1.54) is 19.3 Å². The number of hydrogen-bond donors (Lipinski definition) is 1. The van der Waals surface area contributed by atoms with Gasteiger partial charge in [-0.15, -0.1) is 0 Å². The molecule has 120 valence electrons. The lowest BCUT2D eigenvalue weighted by Gasteiger charge is -2.28. The van der Waals surface area contributed by atoms with Gasteiger partial charge in [0.2, 0.25) is 0 Å². The molecule has 1 N–H and O–H groups in total. The summed E-state index contributed by atoms with van der Waals surface area (Å²) in [6.07, 6.45) is 5.45. The van der Waals surface area contributed by atoms with Gasteiger partial charge in [-0.1, -0.05) is 18.2 Å². The molecule has 0 saturated carbocycles. The molecule has 0 spiro atoms. The lowest BCUT2D eigenvalue weighted by molar-refractivity contribution is 0.102. The number of amides is 1. The monoisotopic (exact) mass is 309 g/mol. The van der Waals surface area contributed by atoms with Crippen LogP contribution in [0.5, 0.6) is 0 Å². The largest absolute Gasteiger partial charge is 0.371 e. The Balaban J connectivity index is 1.80. The summed E-state index contributed by atoms with van der Waals surface area (Å²) >= 11 is 0. The minimum Gasteiger partial charge on any atom is -0.371 e. The number of anilines is 2. The fourth-order valence-corrected chi connectivity index (χ4v) is 3.08. The fourth-order valence-electron chi connectivity index (χ4n) is 3.08. The first kappa shape index (κ1) is 15.5. The first-order chi connectivity index (χ1) is 11.1. The van der Waals surface area contributed by atoms with Gasteiger partial charge in [0.05, 0.1) is 0 Å². The van der Waals surface area contributed by atoms with E-state index in [0.717, 1.165) is 35.6 Å². The van der Waals surface area contributed by atoms with Crippen LogP contribution in [0.15, 0.2) is 36.5 Å². The van der Waals surface area contributed by atoms with Gasteiger partial charge < -0.3 is 10.2 Å². The quantitative estimate of drug-likeness (QED) is 0.934. The van der Waals surface area contributed by atoms with Gasteiger partial charge in [0.1, 0.15) is 5.69 Å². The molecule has 1 aromatic heterocycles. The van der Waals surface area contributed by atoms with Gasteiger partial charge in [0.15, 0.2) is 0 Å². The number of piperidine rings is 1. The fraction of sp³-hybridized carbons (Fsp3) is 0.368. The third-order valence-corrected chi connectivity index (χ3v) is 4.42. The molecule has 2 aromatic rings. The predicted octanol–water partition coefficient (Wildman–Crippen LogP) is 3.94. The molecular weight excluding hydrogens is 286 g/mol. The third-order valence-electron chi connectivity index (χ3n) is 4.42. The molecule has 0 unspecified atom stereocenters. The second-order valence-electron chi connectivity index (χ2n) is 6.17. The van der Waals surface area contributed by atoms with Crippen molar-refractivity contribution in [2.75, 3.05) is 23.3 Å². The van der Waals surface area contributed by atoms with Crippen LogP contribution < -0.4 is 10.2 Å². The number of carbonyl (C=O) groups is 1. The first-order valence-electron chi connectivity index (χ1n) is 8.24. The normalized spacial score (nSPS) is 14.6. The van der Waals surface area contributed by atoms with E-state index in [1.807, 2.05) is 44.2 Å². The molecule has 1 fully saturated rings. The molecule has 0 aliphatic carbocycles. The summed E-state index contributed by atoms with van der Waals surface area (Å²) in [5.74, 6) is -0.152. The molecule has 1 aromatic carbocycles. The Labute approximate surface area is 137 Å². The Kier molecular flexibility index (Phi) is 4.60. The molecule has 2 heterocycles. The van der Waals surface area contributed by atoms with Crippen molar-refractivity contribution in [3.05, 3.63) is 53.3 Å². The highest BCUT2D eigenvalue weighted by Gasteiger charge is 2.15. The number of hydrogen-bond acceptors (Lipinski definition) is 3. The topological polar surface area (TPSA) is 45.2 Å². The van der Waals surface area contributed by atoms with Crippen molar-refractivity contribution < 1.29 is 4.79 Å². The van der Waals surface area contributed by atoms with Crippen molar-refractivity contribution in [2.45, 2.75) is 33.1 Å². The first-order valence-corrected chi connectivity index (χ1v) is 8.24. The summed E-state index contributed by atoms with van der Waals surface area (Å²) in [4.78, 5) is 19.1. The molecule has 1 amide bonds. The van der Waals surface area contributed by atoms with E-state index >= 15 is 0 Å². The molecule has 4 heteroatoms. The molecule has 0 atom stereocenters. The number of nitrogens with zero attached hydrogens (tertiary/aromatic N) is 2. The molecule has 1 saturated heterocycles. The summed E-state index contributed by atoms with van der Waals surface area (Å²) in [5, 5.41) is 3.00. The van der Waals surface area contributed by atoms with Gasteiger partial charge in [0.25, 0.3) is 5.91 Å². The van der Waals surface area contributed by atoms with Crippen LogP contribution in [0.4, 0.5) is 11.4 Å². The maximum atomic E-state index is 12.6. The summed E-state index contributed by atoms with van der Waals surface area (Å²) in [7, 11) is 0. The van der Waals surface area contributed by atoms with Crippen molar-refractivity contribution in [2.24, 2.45) is 0 Å². The van der Waals surface area contributed by atoms with Gasteiger partial charge in [0, 0.05) is 30.7 Å². The van der Waals surface area contributed by atoms with Crippen molar-refractivity contribution >= 4 is 17.3 Å². The SMILES string of the molecule is Cc1cccc(C)c1NC(=O)c1cc(N2CCCCC2)ccn1. The van der Waals surface area contributed by atoms with Gasteiger partial charge in [-0.25, -0.2) is 0 Å². The van der Waals surface area contributed by atoms with Crippen molar-refractivity contribution in [3.63, 3.8) is 0 Å². The third kappa shape index (κ3) is 3.52. The Hall–Kier alpha value is -2.36. The van der Waals surface area contributed by atoms with Crippen LogP contribution in [0.2, 0.25) is 0 Å². The van der Waals surface area contributed by atoms with Crippen LogP contribution in [-0.2, 0) is 0 Å². The zero-order valence-corrected chi connectivity index (χ0v) is 13.8. The highest BCUT2D eigenvalue weighted by Crippen LogP contribution is 2.22. The predicted molar refractivity (Wildman–Crippen MR) is 94.2 cm³/mol. The number of para-hydroxylation sites is 1. The molecular formula is C19H23N3O. The molecule has 0 radical (unpaired) electrons. The summed E-state index contributed by atoms with van der Waals surface area (Å²) in [6.45, 7) is 6.12. The molecule has 23 heavy (non-hydrogen) atoms. The molecule has 1 aliphatic rings. The molecule has 4 nitrogen and oxygen atoms in total. The maximum absolute atomic E-state index is 12.6. The Morgan fingerprint density at radius 1 is 1.09 bits per heavy atom. The van der Waals surface area contributed by atoms with Crippen LogP contribution in [-0.4, -0.2) is 24.0 Å². The van der Waals surface area contributed by atoms with Gasteiger partial charge in [-0.3, -0.25) is 9.78 Å². The summed E-state index contributed by atoms with van der Waals surface area (Å²) in [5.41, 5.74) is 4.56. The molecule has 1 aliphatic heterocycles. The van der Waals surface area contributed by atoms with Crippen LogP contribution >= 0.6 is 0 Å². The van der Waals surface area contributed by atoms with Crippen LogP contribution in [0.1, 0.15) is 40.9 Å². The number of carbonyl (C=O) groups excluding carboxylic acids is 1. The van der Waals surface area contributed by atoms with E-state index in [9.17, 15) is 4.79 Å². The second kappa shape index (κ2) is 6.82. The Bertz CT molecular complexity index is 685. The van der Waals surface area contributed by atoms with E-state index < -0.39 is 0 Å². The van der Waals surface area contributed by atoms with E-state index in [1.54, 1.807) is 6.20 Å². The van der Waals surface area contributed by atoms with Crippen LogP contribution in [0.25, 0.3) is 0 Å². The zero-order valence-electron chi connectivity index (χ0n) is 13.8. The number of rotatable bonds is 3. The Morgan fingerprint density at radius 3 is 2.48 bits per heavy atom. The smallest absolute Gasteiger partial charge is 0.274 e. The van der Waals surface area contributed by atoms with Gasteiger partial charge >= 0.3 is 0 Å². The highest BCUT2D eigenvalue weighted by atomic mass is 16.1. The minimum absolute atomic E-state index is 0.152.